The lowest BCUT2D eigenvalue weighted by Gasteiger charge is -2.11. The molecule has 1 amide bonds. The fraction of sp³-hybridized carbons (Fsp3) is 0.0588. The summed E-state index contributed by atoms with van der Waals surface area (Å²) in [6.07, 6.45) is 1.86. The maximum atomic E-state index is 12.5. The number of carbonyl (C=O) groups excluding carboxylic acids is 1. The molecule has 21 heavy (non-hydrogen) atoms. The van der Waals surface area contributed by atoms with Crippen molar-refractivity contribution in [2.75, 3.05) is 5.01 Å². The molecule has 0 aliphatic carbocycles. The summed E-state index contributed by atoms with van der Waals surface area (Å²) in [6, 6.07) is 16.8. The second-order valence-corrected chi connectivity index (χ2v) is 5.18. The van der Waals surface area contributed by atoms with Crippen molar-refractivity contribution >= 4 is 35.0 Å². The summed E-state index contributed by atoms with van der Waals surface area (Å²) in [5.41, 5.74) is 3.00. The Balaban J connectivity index is 1.94. The van der Waals surface area contributed by atoms with Crippen LogP contribution in [0.1, 0.15) is 12.5 Å². The van der Waals surface area contributed by atoms with Gasteiger partial charge in [0.1, 0.15) is 0 Å². The van der Waals surface area contributed by atoms with Crippen LogP contribution in [-0.2, 0) is 4.79 Å². The zero-order valence-electron chi connectivity index (χ0n) is 11.5. The first kappa shape index (κ1) is 13.6. The number of hydrogen-bond acceptors (Lipinski definition) is 2. The lowest BCUT2D eigenvalue weighted by Crippen LogP contribution is -2.21. The Morgan fingerprint density at radius 2 is 1.71 bits per heavy atom. The van der Waals surface area contributed by atoms with Crippen molar-refractivity contribution in [2.24, 2.45) is 5.10 Å². The summed E-state index contributed by atoms with van der Waals surface area (Å²) >= 11 is 5.87. The number of hydrogen-bond donors (Lipinski definition) is 0. The molecular formula is C17H13ClN2O. The molecule has 1 heterocycles. The van der Waals surface area contributed by atoms with Crippen molar-refractivity contribution in [1.29, 1.82) is 0 Å². The Bertz CT molecular complexity index is 733. The third-order valence-electron chi connectivity index (χ3n) is 3.24. The van der Waals surface area contributed by atoms with E-state index in [-0.39, 0.29) is 5.91 Å². The van der Waals surface area contributed by atoms with E-state index in [1.165, 1.54) is 5.01 Å². The van der Waals surface area contributed by atoms with Crippen LogP contribution in [0.2, 0.25) is 5.02 Å². The van der Waals surface area contributed by atoms with Gasteiger partial charge in [-0.2, -0.15) is 10.1 Å². The number of halogens is 1. The van der Waals surface area contributed by atoms with Gasteiger partial charge in [0.2, 0.25) is 0 Å². The van der Waals surface area contributed by atoms with Crippen LogP contribution >= 0.6 is 11.6 Å². The van der Waals surface area contributed by atoms with E-state index in [9.17, 15) is 4.79 Å². The SMILES string of the molecule is CC1=NN(c2ccc(Cl)cc2)C(=O)C1=Cc1ccccc1. The monoisotopic (exact) mass is 296 g/mol. The number of amides is 1. The van der Waals surface area contributed by atoms with Crippen molar-refractivity contribution in [2.45, 2.75) is 6.92 Å². The van der Waals surface area contributed by atoms with E-state index >= 15 is 0 Å². The molecule has 0 spiro atoms. The summed E-state index contributed by atoms with van der Waals surface area (Å²) in [5, 5.41) is 6.37. The van der Waals surface area contributed by atoms with Crippen LogP contribution in [0.15, 0.2) is 65.3 Å². The smallest absolute Gasteiger partial charge is 0.267 e. The fourth-order valence-electron chi connectivity index (χ4n) is 2.16. The van der Waals surface area contributed by atoms with Gasteiger partial charge < -0.3 is 0 Å². The van der Waals surface area contributed by atoms with E-state index < -0.39 is 0 Å². The van der Waals surface area contributed by atoms with Crippen LogP contribution in [0, 0.1) is 0 Å². The molecule has 0 unspecified atom stereocenters. The fourth-order valence-corrected chi connectivity index (χ4v) is 2.28. The van der Waals surface area contributed by atoms with E-state index in [1.807, 2.05) is 43.3 Å². The molecule has 0 fully saturated rings. The number of rotatable bonds is 2. The second-order valence-electron chi connectivity index (χ2n) is 4.75. The first-order valence-corrected chi connectivity index (χ1v) is 6.95. The number of benzene rings is 2. The minimum Gasteiger partial charge on any atom is -0.267 e. The largest absolute Gasteiger partial charge is 0.280 e. The van der Waals surface area contributed by atoms with Gasteiger partial charge in [0.15, 0.2) is 0 Å². The second kappa shape index (κ2) is 5.54. The molecule has 1 aliphatic rings. The lowest BCUT2D eigenvalue weighted by molar-refractivity contribution is -0.114. The molecule has 0 saturated heterocycles. The van der Waals surface area contributed by atoms with Crippen molar-refractivity contribution < 1.29 is 4.79 Å². The van der Waals surface area contributed by atoms with Crippen LogP contribution in [-0.4, -0.2) is 11.6 Å². The Morgan fingerprint density at radius 1 is 1.05 bits per heavy atom. The maximum Gasteiger partial charge on any atom is 0.280 e. The maximum absolute atomic E-state index is 12.5. The summed E-state index contributed by atoms with van der Waals surface area (Å²) in [5.74, 6) is -0.126. The molecule has 3 rings (SSSR count). The van der Waals surface area contributed by atoms with Crippen molar-refractivity contribution in [3.8, 4) is 0 Å². The highest BCUT2D eigenvalue weighted by atomic mass is 35.5. The van der Waals surface area contributed by atoms with E-state index in [2.05, 4.69) is 5.10 Å². The molecule has 104 valence electrons. The van der Waals surface area contributed by atoms with E-state index in [4.69, 9.17) is 11.6 Å². The van der Waals surface area contributed by atoms with Crippen molar-refractivity contribution in [3.05, 3.63) is 70.8 Å². The molecule has 4 heteroatoms. The first-order chi connectivity index (χ1) is 10.1. The average molecular weight is 297 g/mol. The summed E-state index contributed by atoms with van der Waals surface area (Å²) < 4.78 is 0. The zero-order valence-corrected chi connectivity index (χ0v) is 12.2. The van der Waals surface area contributed by atoms with Gasteiger partial charge in [-0.1, -0.05) is 41.9 Å². The van der Waals surface area contributed by atoms with Gasteiger partial charge in [-0.05, 0) is 42.8 Å². The molecule has 0 radical (unpaired) electrons. The molecule has 0 N–H and O–H groups in total. The van der Waals surface area contributed by atoms with Gasteiger partial charge in [-0.3, -0.25) is 4.79 Å². The molecule has 0 bridgehead atoms. The van der Waals surface area contributed by atoms with Gasteiger partial charge in [0, 0.05) is 5.02 Å². The molecule has 3 nitrogen and oxygen atoms in total. The lowest BCUT2D eigenvalue weighted by atomic mass is 10.1. The first-order valence-electron chi connectivity index (χ1n) is 6.57. The Morgan fingerprint density at radius 3 is 2.38 bits per heavy atom. The highest BCUT2D eigenvalue weighted by molar-refractivity contribution is 6.32. The van der Waals surface area contributed by atoms with Crippen molar-refractivity contribution in [3.63, 3.8) is 0 Å². The number of hydrazone groups is 1. The Kier molecular flexibility index (Phi) is 3.59. The standard InChI is InChI=1S/C17H13ClN2O/c1-12-16(11-13-5-3-2-4-6-13)17(21)20(19-12)15-9-7-14(18)8-10-15/h2-11H,1H3. The molecule has 0 atom stereocenters. The van der Waals surface area contributed by atoms with Gasteiger partial charge >= 0.3 is 0 Å². The van der Waals surface area contributed by atoms with E-state index in [1.54, 1.807) is 24.3 Å². The molecule has 0 aromatic heterocycles. The van der Waals surface area contributed by atoms with E-state index in [0.29, 0.717) is 22.0 Å². The molecule has 0 saturated carbocycles. The minimum absolute atomic E-state index is 0.126. The Labute approximate surface area is 128 Å². The number of nitrogens with zero attached hydrogens (tertiary/aromatic N) is 2. The van der Waals surface area contributed by atoms with Crippen LogP contribution in [0.25, 0.3) is 6.08 Å². The van der Waals surface area contributed by atoms with Gasteiger partial charge in [0.25, 0.3) is 5.91 Å². The van der Waals surface area contributed by atoms with Crippen molar-refractivity contribution in [1.82, 2.24) is 0 Å². The average Bonchev–Trinajstić information content (AvgIpc) is 2.77. The topological polar surface area (TPSA) is 32.7 Å². The third kappa shape index (κ3) is 2.73. The van der Waals surface area contributed by atoms with Gasteiger partial charge in [-0.15, -0.1) is 0 Å². The predicted molar refractivity (Wildman–Crippen MR) is 86.5 cm³/mol. The highest BCUT2D eigenvalue weighted by Crippen LogP contribution is 2.26. The predicted octanol–water partition coefficient (Wildman–Crippen LogP) is 4.15. The summed E-state index contributed by atoms with van der Waals surface area (Å²) in [6.45, 7) is 1.84. The molecule has 1 aliphatic heterocycles. The van der Waals surface area contributed by atoms with Crippen LogP contribution in [0.5, 0.6) is 0 Å². The van der Waals surface area contributed by atoms with E-state index in [0.717, 1.165) is 5.56 Å². The normalized spacial score (nSPS) is 16.5. The summed E-state index contributed by atoms with van der Waals surface area (Å²) in [7, 11) is 0. The molecule has 2 aromatic carbocycles. The van der Waals surface area contributed by atoms with Crippen LogP contribution < -0.4 is 5.01 Å². The van der Waals surface area contributed by atoms with Crippen LogP contribution in [0.3, 0.4) is 0 Å². The number of anilines is 1. The van der Waals surface area contributed by atoms with Gasteiger partial charge in [-0.25, -0.2) is 0 Å². The zero-order chi connectivity index (χ0) is 14.8. The quantitative estimate of drug-likeness (QED) is 0.766. The van der Waals surface area contributed by atoms with Gasteiger partial charge in [0.05, 0.1) is 17.0 Å². The highest BCUT2D eigenvalue weighted by Gasteiger charge is 2.28. The minimum atomic E-state index is -0.126. The molecular weight excluding hydrogens is 284 g/mol. The number of carbonyl (C=O) groups is 1. The summed E-state index contributed by atoms with van der Waals surface area (Å²) in [4.78, 5) is 12.5. The third-order valence-corrected chi connectivity index (χ3v) is 3.50. The Hall–Kier alpha value is -2.39. The van der Waals surface area contributed by atoms with Crippen LogP contribution in [0.4, 0.5) is 5.69 Å². The molecule has 2 aromatic rings.